The Morgan fingerprint density at radius 3 is 2.84 bits per heavy atom. The molecule has 1 aliphatic heterocycles. The van der Waals surface area contributed by atoms with Gasteiger partial charge in [-0.1, -0.05) is 11.3 Å². The Morgan fingerprint density at radius 1 is 1.40 bits per heavy atom. The highest BCUT2D eigenvalue weighted by molar-refractivity contribution is 7.19. The van der Waals surface area contributed by atoms with Gasteiger partial charge in [-0.05, 0) is 46.2 Å². The van der Waals surface area contributed by atoms with E-state index in [0.717, 1.165) is 10.3 Å². The Hall–Kier alpha value is -2.22. The number of carbonyl (C=O) groups excluding carboxylic acids is 2. The van der Waals surface area contributed by atoms with Crippen LogP contribution in [0.5, 0.6) is 0 Å². The lowest BCUT2D eigenvalue weighted by molar-refractivity contribution is 0.0485. The largest absolute Gasteiger partial charge is 0.444 e. The number of amides is 2. The quantitative estimate of drug-likeness (QED) is 0.888. The smallest absolute Gasteiger partial charge is 0.407 e. The number of fused-ring (bicyclic) bond motifs is 1. The molecule has 1 N–H and O–H groups in total. The molecule has 0 saturated carbocycles. The molecule has 2 aromatic heterocycles. The van der Waals surface area contributed by atoms with Crippen molar-refractivity contribution in [3.05, 3.63) is 23.3 Å². The molecule has 0 bridgehead atoms. The molecule has 0 spiro atoms. The fourth-order valence-electron chi connectivity index (χ4n) is 2.86. The lowest BCUT2D eigenvalue weighted by Gasteiger charge is -2.26. The molecule has 0 aliphatic carbocycles. The van der Waals surface area contributed by atoms with Crippen LogP contribution in [0.4, 0.5) is 4.79 Å². The maximum Gasteiger partial charge on any atom is 0.407 e. The molecule has 0 unspecified atom stereocenters. The number of likely N-dealkylation sites (tertiary alicyclic amines) is 1. The first-order valence-corrected chi connectivity index (χ1v) is 9.08. The van der Waals surface area contributed by atoms with Gasteiger partial charge in [0, 0.05) is 18.8 Å². The first kappa shape index (κ1) is 17.6. The topological polar surface area (TPSA) is 84.4 Å². The normalized spacial score (nSPS) is 20.7. The molecule has 1 aliphatic rings. The Bertz CT molecular complexity index is 766. The summed E-state index contributed by atoms with van der Waals surface area (Å²) in [5, 5.41) is 3.29. The highest BCUT2D eigenvalue weighted by Gasteiger charge is 2.37. The fraction of sp³-hybridized carbons (Fsp3) is 0.529. The summed E-state index contributed by atoms with van der Waals surface area (Å²) >= 11 is 1.29. The van der Waals surface area contributed by atoms with Gasteiger partial charge in [-0.2, -0.15) is 0 Å². The first-order valence-electron chi connectivity index (χ1n) is 8.26. The highest BCUT2D eigenvalue weighted by Crippen LogP contribution is 2.25. The molecule has 0 aromatic carbocycles. The summed E-state index contributed by atoms with van der Waals surface area (Å²) in [5.41, 5.74) is 0.182. The Labute approximate surface area is 150 Å². The van der Waals surface area contributed by atoms with E-state index >= 15 is 0 Å². The second-order valence-electron chi connectivity index (χ2n) is 7.13. The summed E-state index contributed by atoms with van der Waals surface area (Å²) in [6, 6.07) is 3.39. The molecule has 3 rings (SSSR count). The minimum Gasteiger partial charge on any atom is -0.444 e. The number of hydrogen-bond acceptors (Lipinski definition) is 6. The van der Waals surface area contributed by atoms with Gasteiger partial charge in [0.05, 0.1) is 6.04 Å². The second kappa shape index (κ2) is 6.59. The first-order chi connectivity index (χ1) is 11.7. The zero-order valence-corrected chi connectivity index (χ0v) is 15.6. The number of ether oxygens (including phenoxy) is 1. The summed E-state index contributed by atoms with van der Waals surface area (Å²) in [7, 11) is 0. The number of thiazole rings is 1. The van der Waals surface area contributed by atoms with Gasteiger partial charge in [-0.15, -0.1) is 0 Å². The van der Waals surface area contributed by atoms with Crippen LogP contribution in [0.25, 0.3) is 10.3 Å². The van der Waals surface area contributed by atoms with E-state index in [1.165, 1.54) is 11.3 Å². The van der Waals surface area contributed by atoms with Gasteiger partial charge in [0.25, 0.3) is 5.91 Å². The van der Waals surface area contributed by atoms with Crippen molar-refractivity contribution in [1.29, 1.82) is 0 Å². The average molecular weight is 362 g/mol. The summed E-state index contributed by atoms with van der Waals surface area (Å²) < 4.78 is 5.30. The van der Waals surface area contributed by atoms with Crippen molar-refractivity contribution < 1.29 is 14.3 Å². The lowest BCUT2D eigenvalue weighted by Crippen LogP contribution is -2.46. The number of pyridine rings is 1. The molecule has 1 fully saturated rings. The monoisotopic (exact) mass is 362 g/mol. The van der Waals surface area contributed by atoms with Crippen LogP contribution in [0.15, 0.2) is 18.3 Å². The summed E-state index contributed by atoms with van der Waals surface area (Å²) in [6.45, 7) is 7.97. The number of nitrogens with zero attached hydrogens (tertiary/aromatic N) is 3. The van der Waals surface area contributed by atoms with Gasteiger partial charge >= 0.3 is 6.09 Å². The predicted molar refractivity (Wildman–Crippen MR) is 95.7 cm³/mol. The van der Waals surface area contributed by atoms with Crippen LogP contribution in [0.1, 0.15) is 43.9 Å². The zero-order chi connectivity index (χ0) is 18.2. The third-order valence-electron chi connectivity index (χ3n) is 4.07. The van der Waals surface area contributed by atoms with Crippen LogP contribution < -0.4 is 5.32 Å². The third-order valence-corrected chi connectivity index (χ3v) is 5.03. The van der Waals surface area contributed by atoms with E-state index in [1.54, 1.807) is 17.2 Å². The maximum absolute atomic E-state index is 12.8. The van der Waals surface area contributed by atoms with Crippen LogP contribution in [-0.4, -0.2) is 51.1 Å². The van der Waals surface area contributed by atoms with Crippen molar-refractivity contribution in [2.45, 2.75) is 51.8 Å². The molecule has 7 nitrogen and oxygen atoms in total. The Kier molecular flexibility index (Phi) is 4.64. The number of carbonyl (C=O) groups is 2. The molecular weight excluding hydrogens is 340 g/mol. The molecule has 0 radical (unpaired) electrons. The molecule has 134 valence electrons. The maximum atomic E-state index is 12.8. The van der Waals surface area contributed by atoms with Crippen LogP contribution >= 0.6 is 11.3 Å². The molecular formula is C17H22N4O3S. The summed E-state index contributed by atoms with van der Waals surface area (Å²) in [4.78, 5) is 35.9. The van der Waals surface area contributed by atoms with Gasteiger partial charge in [0.15, 0.2) is 5.01 Å². The minimum absolute atomic E-state index is 0.121. The van der Waals surface area contributed by atoms with Crippen LogP contribution in [0, 0.1) is 0 Å². The molecule has 2 aromatic rings. The molecule has 25 heavy (non-hydrogen) atoms. The number of hydrogen-bond donors (Lipinski definition) is 1. The lowest BCUT2D eigenvalue weighted by atomic mass is 10.1. The van der Waals surface area contributed by atoms with Gasteiger partial charge in [0.2, 0.25) is 0 Å². The van der Waals surface area contributed by atoms with E-state index in [2.05, 4.69) is 15.3 Å². The number of nitrogens with one attached hydrogen (secondary N) is 1. The second-order valence-corrected chi connectivity index (χ2v) is 8.10. The van der Waals surface area contributed by atoms with Crippen molar-refractivity contribution in [3.8, 4) is 0 Å². The average Bonchev–Trinajstić information content (AvgIpc) is 3.09. The standard InChI is InChI=1S/C17H22N4O3S/c1-10-11(20-16(23)24-17(2,3)4)7-9-21(10)15(22)14-19-12-6-5-8-18-13(12)25-14/h5-6,8,10-11H,7,9H2,1-4H3,(H,20,23)/t10-,11+/m1/s1. The predicted octanol–water partition coefficient (Wildman–Crippen LogP) is 2.82. The number of alkyl carbamates (subject to hydrolysis) is 1. The fourth-order valence-corrected chi connectivity index (χ4v) is 3.73. The van der Waals surface area contributed by atoms with E-state index in [9.17, 15) is 9.59 Å². The van der Waals surface area contributed by atoms with E-state index in [-0.39, 0.29) is 18.0 Å². The van der Waals surface area contributed by atoms with Crippen molar-refractivity contribution >= 4 is 33.7 Å². The van der Waals surface area contributed by atoms with Gasteiger partial charge in [-0.3, -0.25) is 4.79 Å². The number of aromatic nitrogens is 2. The van der Waals surface area contributed by atoms with E-state index in [1.807, 2.05) is 33.8 Å². The van der Waals surface area contributed by atoms with Crippen molar-refractivity contribution in [2.24, 2.45) is 0 Å². The molecule has 2 atom stereocenters. The van der Waals surface area contributed by atoms with Gasteiger partial charge in [-0.25, -0.2) is 14.8 Å². The Balaban J connectivity index is 1.67. The molecule has 8 heteroatoms. The van der Waals surface area contributed by atoms with Gasteiger partial charge in [0.1, 0.15) is 15.9 Å². The Morgan fingerprint density at radius 2 is 2.16 bits per heavy atom. The van der Waals surface area contributed by atoms with Gasteiger partial charge < -0.3 is 15.0 Å². The SMILES string of the molecule is C[C@@H]1[C@@H](NC(=O)OC(C)(C)C)CCN1C(=O)c1nc2cccnc2s1. The third kappa shape index (κ3) is 3.89. The molecule has 2 amide bonds. The van der Waals surface area contributed by atoms with Crippen molar-refractivity contribution in [3.63, 3.8) is 0 Å². The summed E-state index contributed by atoms with van der Waals surface area (Å²) in [5.74, 6) is -0.121. The zero-order valence-electron chi connectivity index (χ0n) is 14.8. The van der Waals surface area contributed by atoms with Crippen molar-refractivity contribution in [2.75, 3.05) is 6.54 Å². The highest BCUT2D eigenvalue weighted by atomic mass is 32.1. The summed E-state index contributed by atoms with van der Waals surface area (Å²) in [6.07, 6.45) is 1.92. The van der Waals surface area contributed by atoms with Crippen molar-refractivity contribution in [1.82, 2.24) is 20.2 Å². The molecule has 1 saturated heterocycles. The number of rotatable bonds is 2. The van der Waals surface area contributed by atoms with E-state index in [0.29, 0.717) is 18.0 Å². The molecule has 3 heterocycles. The van der Waals surface area contributed by atoms with Crippen LogP contribution in [0.3, 0.4) is 0 Å². The van der Waals surface area contributed by atoms with E-state index < -0.39 is 11.7 Å². The van der Waals surface area contributed by atoms with Crippen LogP contribution in [0.2, 0.25) is 0 Å². The van der Waals surface area contributed by atoms with Crippen LogP contribution in [-0.2, 0) is 4.74 Å². The van der Waals surface area contributed by atoms with E-state index in [4.69, 9.17) is 4.74 Å². The minimum atomic E-state index is -0.546.